The van der Waals surface area contributed by atoms with Crippen LogP contribution in [0.3, 0.4) is 0 Å². The van der Waals surface area contributed by atoms with Crippen LogP contribution in [0.25, 0.3) is 0 Å². The molecule has 3 rings (SSSR count). The summed E-state index contributed by atoms with van der Waals surface area (Å²) in [6, 6.07) is 0.907. The molecule has 0 spiro atoms. The van der Waals surface area contributed by atoms with Crippen LogP contribution >= 0.6 is 11.8 Å². The highest BCUT2D eigenvalue weighted by Gasteiger charge is 2.41. The summed E-state index contributed by atoms with van der Waals surface area (Å²) in [6.45, 7) is 6.27. The van der Waals surface area contributed by atoms with Crippen LogP contribution in [0.4, 0.5) is 0 Å². The van der Waals surface area contributed by atoms with Crippen LogP contribution in [0, 0.1) is 0 Å². The van der Waals surface area contributed by atoms with Crippen molar-refractivity contribution in [3.05, 3.63) is 0 Å². The van der Waals surface area contributed by atoms with E-state index in [0.717, 1.165) is 11.3 Å². The van der Waals surface area contributed by atoms with Crippen molar-refractivity contribution in [1.82, 2.24) is 10.2 Å². The maximum Gasteiger partial charge on any atom is 0.0281 e. The Morgan fingerprint density at radius 3 is 3.07 bits per heavy atom. The third-order valence-electron chi connectivity index (χ3n) is 4.02. The van der Waals surface area contributed by atoms with Crippen LogP contribution in [0.5, 0.6) is 0 Å². The number of nitrogens with zero attached hydrogens (tertiary/aromatic N) is 1. The van der Waals surface area contributed by atoms with Gasteiger partial charge in [0.25, 0.3) is 0 Å². The number of rotatable bonds is 2. The van der Waals surface area contributed by atoms with Gasteiger partial charge in [-0.3, -0.25) is 4.90 Å². The molecule has 2 nitrogen and oxygen atoms in total. The quantitative estimate of drug-likeness (QED) is 0.743. The predicted molar refractivity (Wildman–Crippen MR) is 61.9 cm³/mol. The molecule has 3 heterocycles. The number of likely N-dealkylation sites (tertiary alicyclic amines) is 1. The molecule has 0 aliphatic carbocycles. The highest BCUT2D eigenvalue weighted by molar-refractivity contribution is 8.00. The van der Waals surface area contributed by atoms with Gasteiger partial charge in [-0.2, -0.15) is 11.8 Å². The summed E-state index contributed by atoms with van der Waals surface area (Å²) in [7, 11) is 0. The lowest BCUT2D eigenvalue weighted by atomic mass is 9.99. The Morgan fingerprint density at radius 2 is 2.50 bits per heavy atom. The lowest BCUT2D eigenvalue weighted by Crippen LogP contribution is -2.50. The van der Waals surface area contributed by atoms with Gasteiger partial charge in [0.1, 0.15) is 0 Å². The summed E-state index contributed by atoms with van der Waals surface area (Å²) in [4.78, 5) is 2.74. The van der Waals surface area contributed by atoms with E-state index in [1.165, 1.54) is 44.6 Å². The van der Waals surface area contributed by atoms with E-state index in [1.807, 2.05) is 0 Å². The van der Waals surface area contributed by atoms with Crippen LogP contribution in [0.15, 0.2) is 0 Å². The molecule has 3 unspecified atom stereocenters. The second-order valence-electron chi connectivity index (χ2n) is 5.37. The monoisotopic (exact) mass is 212 g/mol. The minimum Gasteiger partial charge on any atom is -0.310 e. The minimum absolute atomic E-state index is 0.426. The van der Waals surface area contributed by atoms with E-state index in [-0.39, 0.29) is 0 Å². The van der Waals surface area contributed by atoms with Crippen LogP contribution < -0.4 is 5.32 Å². The molecule has 3 aliphatic rings. The first-order chi connectivity index (χ1) is 6.75. The zero-order valence-corrected chi connectivity index (χ0v) is 9.78. The van der Waals surface area contributed by atoms with Crippen LogP contribution in [0.2, 0.25) is 0 Å². The van der Waals surface area contributed by atoms with Crippen molar-refractivity contribution >= 4 is 11.8 Å². The van der Waals surface area contributed by atoms with Crippen LogP contribution in [-0.2, 0) is 0 Å². The maximum atomic E-state index is 3.67. The summed E-state index contributed by atoms with van der Waals surface area (Å²) >= 11 is 2.19. The summed E-state index contributed by atoms with van der Waals surface area (Å²) in [5.41, 5.74) is 0.426. The fourth-order valence-electron chi connectivity index (χ4n) is 3.21. The Kier molecular flexibility index (Phi) is 2.30. The highest BCUT2D eigenvalue weighted by Crippen LogP contribution is 2.38. The minimum atomic E-state index is 0.426. The van der Waals surface area contributed by atoms with Crippen molar-refractivity contribution in [2.24, 2.45) is 0 Å². The lowest BCUT2D eigenvalue weighted by molar-refractivity contribution is 0.198. The highest BCUT2D eigenvalue weighted by atomic mass is 32.2. The van der Waals surface area contributed by atoms with Crippen molar-refractivity contribution in [2.45, 2.75) is 43.0 Å². The largest absolute Gasteiger partial charge is 0.310 e. The predicted octanol–water partition coefficient (Wildman–Crippen LogP) is 1.32. The summed E-state index contributed by atoms with van der Waals surface area (Å²) < 4.78 is 0. The molecule has 1 N–H and O–H groups in total. The third kappa shape index (κ3) is 1.59. The second kappa shape index (κ2) is 3.39. The molecule has 80 valence electrons. The van der Waals surface area contributed by atoms with E-state index < -0.39 is 0 Å². The molecule has 0 aromatic carbocycles. The van der Waals surface area contributed by atoms with Gasteiger partial charge in [-0.1, -0.05) is 0 Å². The first-order valence-electron chi connectivity index (χ1n) is 5.86. The maximum absolute atomic E-state index is 3.67. The molecular weight excluding hydrogens is 192 g/mol. The molecule has 3 atom stereocenters. The van der Waals surface area contributed by atoms with Gasteiger partial charge in [-0.15, -0.1) is 0 Å². The molecule has 3 heteroatoms. The summed E-state index contributed by atoms with van der Waals surface area (Å²) in [5, 5.41) is 4.63. The number of hydrogen-bond donors (Lipinski definition) is 1. The molecule has 0 aromatic rings. The second-order valence-corrected chi connectivity index (χ2v) is 6.70. The molecule has 0 radical (unpaired) electrons. The zero-order chi connectivity index (χ0) is 9.60. The standard InChI is InChI=1S/C11H20N2S/c1-11(3-2-4-12-11)8-13-6-10-5-9(13)7-14-10/h9-10,12H,2-8H2,1H3. The number of thioether (sulfide) groups is 1. The van der Waals surface area contributed by atoms with Crippen LogP contribution in [0.1, 0.15) is 26.2 Å². The van der Waals surface area contributed by atoms with Gasteiger partial charge < -0.3 is 5.32 Å². The molecule has 0 saturated carbocycles. The normalized spacial score (nSPS) is 47.8. The summed E-state index contributed by atoms with van der Waals surface area (Å²) in [5.74, 6) is 1.39. The first kappa shape index (κ1) is 9.49. The van der Waals surface area contributed by atoms with Gasteiger partial charge in [-0.05, 0) is 32.7 Å². The Bertz CT molecular complexity index is 225. The van der Waals surface area contributed by atoms with Crippen molar-refractivity contribution in [2.75, 3.05) is 25.4 Å². The zero-order valence-electron chi connectivity index (χ0n) is 8.96. The topological polar surface area (TPSA) is 15.3 Å². The average Bonchev–Trinajstić information content (AvgIpc) is 2.80. The molecule has 0 amide bonds. The smallest absolute Gasteiger partial charge is 0.0281 e. The molecule has 3 saturated heterocycles. The number of nitrogens with one attached hydrogen (secondary N) is 1. The van der Waals surface area contributed by atoms with Gasteiger partial charge in [0.2, 0.25) is 0 Å². The van der Waals surface area contributed by atoms with Gasteiger partial charge in [-0.25, -0.2) is 0 Å². The lowest BCUT2D eigenvalue weighted by Gasteiger charge is -2.35. The van der Waals surface area contributed by atoms with E-state index in [9.17, 15) is 0 Å². The Hall–Kier alpha value is 0.270. The fourth-order valence-corrected chi connectivity index (χ4v) is 4.71. The van der Waals surface area contributed by atoms with Gasteiger partial charge >= 0.3 is 0 Å². The van der Waals surface area contributed by atoms with E-state index in [0.29, 0.717) is 5.54 Å². The average molecular weight is 212 g/mol. The molecule has 0 aromatic heterocycles. The Morgan fingerprint density at radius 1 is 1.57 bits per heavy atom. The molecule has 2 bridgehead atoms. The molecule has 14 heavy (non-hydrogen) atoms. The summed E-state index contributed by atoms with van der Waals surface area (Å²) in [6.07, 6.45) is 4.20. The number of hydrogen-bond acceptors (Lipinski definition) is 3. The van der Waals surface area contributed by atoms with Crippen molar-refractivity contribution < 1.29 is 0 Å². The molecule has 3 fully saturated rings. The SMILES string of the molecule is CC1(CN2CC3CC2CS3)CCCN1. The Balaban J connectivity index is 1.62. The van der Waals surface area contributed by atoms with E-state index >= 15 is 0 Å². The Labute approximate surface area is 90.8 Å². The van der Waals surface area contributed by atoms with Crippen LogP contribution in [-0.4, -0.2) is 47.1 Å². The number of fused-ring (bicyclic) bond motifs is 2. The first-order valence-corrected chi connectivity index (χ1v) is 6.91. The fraction of sp³-hybridized carbons (Fsp3) is 1.00. The van der Waals surface area contributed by atoms with Gasteiger partial charge in [0.05, 0.1) is 0 Å². The van der Waals surface area contributed by atoms with Crippen molar-refractivity contribution in [3.8, 4) is 0 Å². The van der Waals surface area contributed by atoms with E-state index in [2.05, 4.69) is 28.9 Å². The molecular formula is C11H20N2S. The molecule has 3 aliphatic heterocycles. The van der Waals surface area contributed by atoms with Gasteiger partial charge in [0, 0.05) is 35.7 Å². The van der Waals surface area contributed by atoms with E-state index in [1.54, 1.807) is 0 Å². The third-order valence-corrected chi connectivity index (χ3v) is 5.41. The van der Waals surface area contributed by atoms with Gasteiger partial charge in [0.15, 0.2) is 0 Å². The van der Waals surface area contributed by atoms with Crippen molar-refractivity contribution in [3.63, 3.8) is 0 Å². The van der Waals surface area contributed by atoms with Crippen molar-refractivity contribution in [1.29, 1.82) is 0 Å². The van der Waals surface area contributed by atoms with E-state index in [4.69, 9.17) is 0 Å².